The summed E-state index contributed by atoms with van der Waals surface area (Å²) in [5.41, 5.74) is 0.718. The van der Waals surface area contributed by atoms with E-state index in [1.807, 2.05) is 0 Å². The van der Waals surface area contributed by atoms with E-state index in [1.165, 1.54) is 0 Å². The van der Waals surface area contributed by atoms with Gasteiger partial charge in [-0.05, 0) is 48.0 Å². The fraction of sp³-hybridized carbons (Fsp3) is 0.867. The summed E-state index contributed by atoms with van der Waals surface area (Å²) in [6, 6.07) is 0. The Bertz CT molecular complexity index is 326. The number of aliphatic hydroxyl groups excluding tert-OH is 3. The maximum atomic E-state index is 10.3. The van der Waals surface area contributed by atoms with Crippen molar-refractivity contribution in [3.8, 4) is 0 Å². The molecule has 0 spiro atoms. The minimum atomic E-state index is -0.834. The van der Waals surface area contributed by atoms with Gasteiger partial charge in [-0.1, -0.05) is 27.4 Å². The van der Waals surface area contributed by atoms with E-state index >= 15 is 0 Å². The number of fused-ring (bicyclic) bond motifs is 1. The Hall–Kier alpha value is -0.380. The molecule has 2 fully saturated rings. The molecule has 0 aromatic carbocycles. The predicted molar refractivity (Wildman–Crippen MR) is 70.9 cm³/mol. The minimum absolute atomic E-state index is 0.102. The maximum absolute atomic E-state index is 10.3. The highest BCUT2D eigenvalue weighted by atomic mass is 16.3. The average molecular weight is 254 g/mol. The van der Waals surface area contributed by atoms with Gasteiger partial charge in [-0.3, -0.25) is 0 Å². The van der Waals surface area contributed by atoms with E-state index in [0.717, 1.165) is 12.0 Å². The van der Waals surface area contributed by atoms with Crippen LogP contribution in [0.2, 0.25) is 0 Å². The molecule has 0 aromatic rings. The van der Waals surface area contributed by atoms with Gasteiger partial charge in [0.25, 0.3) is 0 Å². The molecule has 2 rings (SSSR count). The van der Waals surface area contributed by atoms with Gasteiger partial charge in [-0.2, -0.15) is 0 Å². The van der Waals surface area contributed by atoms with E-state index in [1.54, 1.807) is 0 Å². The second-order valence-corrected chi connectivity index (χ2v) is 6.62. The van der Waals surface area contributed by atoms with Gasteiger partial charge in [0, 0.05) is 0 Å². The lowest BCUT2D eigenvalue weighted by Gasteiger charge is -2.51. The summed E-state index contributed by atoms with van der Waals surface area (Å²) >= 11 is 0. The third kappa shape index (κ3) is 2.13. The molecule has 0 unspecified atom stereocenters. The molecule has 7 atom stereocenters. The zero-order valence-electron chi connectivity index (χ0n) is 11.6. The number of aliphatic hydroxyl groups is 3. The van der Waals surface area contributed by atoms with Crippen LogP contribution in [0.25, 0.3) is 0 Å². The molecule has 3 heteroatoms. The summed E-state index contributed by atoms with van der Waals surface area (Å²) < 4.78 is 0. The molecule has 2 aliphatic carbocycles. The van der Waals surface area contributed by atoms with Crippen molar-refractivity contribution < 1.29 is 15.3 Å². The first-order valence-corrected chi connectivity index (χ1v) is 7.07. The molecule has 104 valence electrons. The van der Waals surface area contributed by atoms with Crippen LogP contribution in [0.1, 0.15) is 33.6 Å². The lowest BCUT2D eigenvalue weighted by molar-refractivity contribution is -0.102. The Morgan fingerprint density at radius 3 is 2.33 bits per heavy atom. The van der Waals surface area contributed by atoms with Gasteiger partial charge in [0.15, 0.2) is 0 Å². The molecular formula is C15H26O3. The third-order valence-electron chi connectivity index (χ3n) is 5.15. The Morgan fingerprint density at radius 2 is 1.78 bits per heavy atom. The summed E-state index contributed by atoms with van der Waals surface area (Å²) in [7, 11) is 0. The number of hydrogen-bond donors (Lipinski definition) is 3. The lowest BCUT2D eigenvalue weighted by atomic mass is 9.57. The maximum Gasteiger partial charge on any atom is 0.101 e. The molecule has 0 bridgehead atoms. The van der Waals surface area contributed by atoms with Crippen LogP contribution < -0.4 is 0 Å². The first-order chi connectivity index (χ1) is 8.34. The van der Waals surface area contributed by atoms with Crippen LogP contribution in [-0.2, 0) is 0 Å². The minimum Gasteiger partial charge on any atom is -0.393 e. The van der Waals surface area contributed by atoms with Crippen LogP contribution >= 0.6 is 0 Å². The Labute approximate surface area is 110 Å². The topological polar surface area (TPSA) is 60.7 Å². The van der Waals surface area contributed by atoms with Crippen LogP contribution in [0.3, 0.4) is 0 Å². The van der Waals surface area contributed by atoms with Gasteiger partial charge in [-0.25, -0.2) is 0 Å². The molecule has 3 N–H and O–H groups in total. The van der Waals surface area contributed by atoms with E-state index in [9.17, 15) is 15.3 Å². The predicted octanol–water partition coefficient (Wildman–Crippen LogP) is 1.57. The van der Waals surface area contributed by atoms with Crippen LogP contribution in [0.15, 0.2) is 12.2 Å². The van der Waals surface area contributed by atoms with Crippen LogP contribution in [0.5, 0.6) is 0 Å². The first kappa shape index (κ1) is 14.0. The van der Waals surface area contributed by atoms with E-state index in [2.05, 4.69) is 27.4 Å². The van der Waals surface area contributed by atoms with Crippen molar-refractivity contribution in [2.75, 3.05) is 0 Å². The van der Waals surface area contributed by atoms with Crippen molar-refractivity contribution in [3.05, 3.63) is 12.2 Å². The van der Waals surface area contributed by atoms with Crippen molar-refractivity contribution in [1.29, 1.82) is 0 Å². The fourth-order valence-corrected chi connectivity index (χ4v) is 4.06. The first-order valence-electron chi connectivity index (χ1n) is 7.07. The lowest BCUT2D eigenvalue weighted by Crippen LogP contribution is -2.53. The molecule has 0 saturated heterocycles. The molecule has 0 radical (unpaired) electrons. The largest absolute Gasteiger partial charge is 0.393 e. The number of rotatable bonds is 1. The summed E-state index contributed by atoms with van der Waals surface area (Å²) in [6.45, 7) is 10.2. The van der Waals surface area contributed by atoms with Crippen molar-refractivity contribution in [1.82, 2.24) is 0 Å². The summed E-state index contributed by atoms with van der Waals surface area (Å²) in [4.78, 5) is 0. The monoisotopic (exact) mass is 254 g/mol. The Morgan fingerprint density at radius 1 is 1.17 bits per heavy atom. The summed E-state index contributed by atoms with van der Waals surface area (Å²) in [6.07, 6.45) is -0.256. The van der Waals surface area contributed by atoms with Gasteiger partial charge in [0.05, 0.1) is 12.2 Å². The van der Waals surface area contributed by atoms with Crippen LogP contribution in [-0.4, -0.2) is 33.6 Å². The van der Waals surface area contributed by atoms with E-state index < -0.39 is 12.2 Å². The third-order valence-corrected chi connectivity index (χ3v) is 5.15. The fourth-order valence-electron chi connectivity index (χ4n) is 4.06. The Kier molecular flexibility index (Phi) is 3.86. The van der Waals surface area contributed by atoms with Crippen molar-refractivity contribution in [3.63, 3.8) is 0 Å². The highest BCUT2D eigenvalue weighted by Crippen LogP contribution is 2.49. The SMILES string of the molecule is C=C1[C@H]2C[C@H](O)[C@H](C)C[C@H]2[C@@H](C(C)C)[C@H](O)[C@H]1O. The molecular weight excluding hydrogens is 228 g/mol. The quantitative estimate of drug-likeness (QED) is 0.623. The van der Waals surface area contributed by atoms with Crippen LogP contribution in [0, 0.1) is 29.6 Å². The number of hydrogen-bond acceptors (Lipinski definition) is 3. The smallest absolute Gasteiger partial charge is 0.101 e. The van der Waals surface area contributed by atoms with E-state index in [0.29, 0.717) is 18.3 Å². The standard InChI is InChI=1S/C15H26O3/c1-7(2)13-11-5-8(3)12(16)6-10(11)9(4)14(17)15(13)18/h7-8,10-18H,4-6H2,1-3H3/t8-,10-,11-,12+,13-,14+,15+/m1/s1. The van der Waals surface area contributed by atoms with Gasteiger partial charge >= 0.3 is 0 Å². The molecule has 0 heterocycles. The Balaban J connectivity index is 2.30. The molecule has 0 aliphatic heterocycles. The second kappa shape index (κ2) is 4.95. The van der Waals surface area contributed by atoms with Crippen molar-refractivity contribution >= 4 is 0 Å². The van der Waals surface area contributed by atoms with E-state index in [4.69, 9.17) is 0 Å². The molecule has 18 heavy (non-hydrogen) atoms. The van der Waals surface area contributed by atoms with Gasteiger partial charge in [-0.15, -0.1) is 0 Å². The van der Waals surface area contributed by atoms with Gasteiger partial charge in [0.1, 0.15) is 6.10 Å². The molecule has 0 amide bonds. The van der Waals surface area contributed by atoms with Crippen molar-refractivity contribution in [2.45, 2.75) is 51.9 Å². The zero-order chi connectivity index (χ0) is 13.6. The zero-order valence-corrected chi connectivity index (χ0v) is 11.6. The normalized spacial score (nSPS) is 49.3. The van der Waals surface area contributed by atoms with Crippen molar-refractivity contribution in [2.24, 2.45) is 29.6 Å². The van der Waals surface area contributed by atoms with Gasteiger partial charge < -0.3 is 15.3 Å². The second-order valence-electron chi connectivity index (χ2n) is 6.62. The van der Waals surface area contributed by atoms with Crippen LogP contribution in [0.4, 0.5) is 0 Å². The highest BCUT2D eigenvalue weighted by Gasteiger charge is 2.49. The molecule has 0 aromatic heterocycles. The van der Waals surface area contributed by atoms with E-state index in [-0.39, 0.29) is 23.9 Å². The summed E-state index contributed by atoms with van der Waals surface area (Å²) in [5, 5.41) is 30.4. The molecule has 2 aliphatic rings. The summed E-state index contributed by atoms with van der Waals surface area (Å²) in [5.74, 6) is 1.20. The molecule has 2 saturated carbocycles. The highest BCUT2D eigenvalue weighted by molar-refractivity contribution is 5.19. The van der Waals surface area contributed by atoms with Gasteiger partial charge in [0.2, 0.25) is 0 Å². The average Bonchev–Trinajstić information content (AvgIpc) is 2.29. The molecule has 3 nitrogen and oxygen atoms in total.